The Hall–Kier alpha value is -2.21. The maximum atomic E-state index is 12.4. The van der Waals surface area contributed by atoms with Gasteiger partial charge in [0.2, 0.25) is 6.79 Å². The van der Waals surface area contributed by atoms with E-state index in [1.165, 1.54) is 38.3 Å². The van der Waals surface area contributed by atoms with Crippen LogP contribution in [0.3, 0.4) is 0 Å². The third kappa shape index (κ3) is 5.40. The number of aromatic amines is 1. The Morgan fingerprint density at radius 2 is 2.06 bits per heavy atom. The van der Waals surface area contributed by atoms with Crippen molar-refractivity contribution in [2.24, 2.45) is 5.92 Å². The van der Waals surface area contributed by atoms with Gasteiger partial charge >= 0.3 is 5.97 Å². The zero-order valence-electron chi connectivity index (χ0n) is 19.0. The molecule has 6 nitrogen and oxygen atoms in total. The number of nitrogens with zero attached hydrogens (tertiary/aromatic N) is 1. The van der Waals surface area contributed by atoms with E-state index in [0.29, 0.717) is 23.6 Å². The molecule has 0 spiro atoms. The van der Waals surface area contributed by atoms with Crippen molar-refractivity contribution in [1.82, 2.24) is 9.97 Å². The van der Waals surface area contributed by atoms with Crippen LogP contribution in [0.4, 0.5) is 0 Å². The second-order valence-corrected chi connectivity index (χ2v) is 9.35. The summed E-state index contributed by atoms with van der Waals surface area (Å²) in [5.74, 6) is 2.76. The zero-order valence-corrected chi connectivity index (χ0v) is 19.8. The maximum absolute atomic E-state index is 12.4. The molecule has 1 aliphatic carbocycles. The van der Waals surface area contributed by atoms with Gasteiger partial charge < -0.3 is 19.2 Å². The van der Waals surface area contributed by atoms with Crippen molar-refractivity contribution < 1.29 is 19.0 Å². The van der Waals surface area contributed by atoms with Crippen molar-refractivity contribution in [2.45, 2.75) is 84.2 Å². The molecule has 1 aromatic heterocycles. The van der Waals surface area contributed by atoms with Crippen LogP contribution in [0.5, 0.6) is 11.5 Å². The fraction of sp³-hybridized carbons (Fsp3) is 0.600. The highest BCUT2D eigenvalue weighted by molar-refractivity contribution is 6.31. The smallest absolute Gasteiger partial charge is 0.356 e. The molecular weight excluding hydrogens is 428 g/mol. The van der Waals surface area contributed by atoms with Crippen LogP contribution in [0.25, 0.3) is 0 Å². The molecule has 1 atom stereocenters. The molecule has 2 heterocycles. The largest absolute Gasteiger partial charge is 0.458 e. The monoisotopic (exact) mass is 460 g/mol. The van der Waals surface area contributed by atoms with Crippen molar-refractivity contribution in [1.29, 1.82) is 0 Å². The highest BCUT2D eigenvalue weighted by Crippen LogP contribution is 2.43. The van der Waals surface area contributed by atoms with Crippen molar-refractivity contribution in [3.63, 3.8) is 0 Å². The number of imidazole rings is 1. The molecule has 7 heteroatoms. The molecule has 1 N–H and O–H groups in total. The molecule has 1 unspecified atom stereocenters. The van der Waals surface area contributed by atoms with Gasteiger partial charge in [0.05, 0.1) is 12.3 Å². The maximum Gasteiger partial charge on any atom is 0.356 e. The first-order valence-electron chi connectivity index (χ1n) is 11.9. The van der Waals surface area contributed by atoms with Gasteiger partial charge in [0.25, 0.3) is 0 Å². The summed E-state index contributed by atoms with van der Waals surface area (Å²) < 4.78 is 17.1. The van der Waals surface area contributed by atoms with Gasteiger partial charge in [-0.3, -0.25) is 0 Å². The first-order valence-corrected chi connectivity index (χ1v) is 12.3. The number of carbonyl (C=O) groups excluding carboxylic acids is 1. The van der Waals surface area contributed by atoms with Crippen LogP contribution in [0.1, 0.15) is 86.2 Å². The van der Waals surface area contributed by atoms with Crippen LogP contribution >= 0.6 is 11.6 Å². The standard InChI is InChI=1S/C25H33ClN2O4/c1-3-23-27-14-21(28-23)25(29)32-16(2)9-11-18-19(12-10-17-7-5-4-6-8-17)24-22(13-20(18)26)30-15-31-24/h13-14,16-17H,3-12,15H2,1-2H3,(H,27,28). The molecule has 1 fully saturated rings. The first kappa shape index (κ1) is 23.0. The number of carbonyl (C=O) groups is 1. The van der Waals surface area contributed by atoms with Gasteiger partial charge in [-0.15, -0.1) is 0 Å². The van der Waals surface area contributed by atoms with Crippen molar-refractivity contribution in [3.8, 4) is 11.5 Å². The average molecular weight is 461 g/mol. The molecule has 174 valence electrons. The van der Waals surface area contributed by atoms with Crippen molar-refractivity contribution in [2.75, 3.05) is 6.79 Å². The van der Waals surface area contributed by atoms with Crippen LogP contribution in [0.15, 0.2) is 12.3 Å². The molecule has 0 radical (unpaired) electrons. The third-order valence-electron chi connectivity index (χ3n) is 6.65. The summed E-state index contributed by atoms with van der Waals surface area (Å²) in [6.07, 6.45) is 12.2. The Balaban J connectivity index is 1.42. The summed E-state index contributed by atoms with van der Waals surface area (Å²) in [4.78, 5) is 19.6. The van der Waals surface area contributed by atoms with E-state index in [1.54, 1.807) is 0 Å². The summed E-state index contributed by atoms with van der Waals surface area (Å²) in [6, 6.07) is 1.86. The Morgan fingerprint density at radius 3 is 2.81 bits per heavy atom. The number of rotatable bonds is 9. The molecule has 0 bridgehead atoms. The predicted molar refractivity (Wildman–Crippen MR) is 124 cm³/mol. The molecule has 1 aromatic carbocycles. The number of fused-ring (bicyclic) bond motifs is 1. The molecule has 2 aromatic rings. The topological polar surface area (TPSA) is 73.4 Å². The minimum Gasteiger partial charge on any atom is -0.458 e. The highest BCUT2D eigenvalue weighted by atomic mass is 35.5. The second-order valence-electron chi connectivity index (χ2n) is 8.94. The number of aromatic nitrogens is 2. The molecule has 0 amide bonds. The summed E-state index contributed by atoms with van der Waals surface area (Å²) in [5, 5.41) is 0.701. The molecule has 0 saturated heterocycles. The number of H-pyrrole nitrogens is 1. The van der Waals surface area contributed by atoms with Crippen molar-refractivity contribution >= 4 is 17.6 Å². The van der Waals surface area contributed by atoms with Crippen molar-refractivity contribution in [3.05, 3.63) is 39.9 Å². The second kappa shape index (κ2) is 10.6. The quantitative estimate of drug-likeness (QED) is 0.461. The Labute approximate surface area is 195 Å². The molecule has 1 aliphatic heterocycles. The molecule has 2 aliphatic rings. The van der Waals surface area contributed by atoms with E-state index < -0.39 is 0 Å². The van der Waals surface area contributed by atoms with E-state index in [0.717, 1.165) is 53.6 Å². The lowest BCUT2D eigenvalue weighted by Crippen LogP contribution is -2.17. The van der Waals surface area contributed by atoms with Crippen LogP contribution in [-0.4, -0.2) is 28.8 Å². The summed E-state index contributed by atoms with van der Waals surface area (Å²) >= 11 is 6.68. The van der Waals surface area contributed by atoms with E-state index in [9.17, 15) is 4.79 Å². The number of hydrogen-bond donors (Lipinski definition) is 1. The van der Waals surface area contributed by atoms with E-state index >= 15 is 0 Å². The minimum absolute atomic E-state index is 0.240. The number of hydrogen-bond acceptors (Lipinski definition) is 5. The number of halogens is 1. The fourth-order valence-corrected chi connectivity index (χ4v) is 5.08. The van der Waals surface area contributed by atoms with Crippen LogP contribution < -0.4 is 9.47 Å². The van der Waals surface area contributed by atoms with E-state index in [-0.39, 0.29) is 18.9 Å². The van der Waals surface area contributed by atoms with E-state index in [4.69, 9.17) is 25.8 Å². The van der Waals surface area contributed by atoms with Gasteiger partial charge in [-0.05, 0) is 44.1 Å². The zero-order chi connectivity index (χ0) is 22.5. The van der Waals surface area contributed by atoms with Gasteiger partial charge in [0, 0.05) is 23.1 Å². The normalized spacial score (nSPS) is 16.8. The number of esters is 1. The SMILES string of the molecule is CCc1ncc(C(=O)OC(C)CCc2c(Cl)cc3c(c2CCC2CCCCC2)OCO3)[nH]1. The lowest BCUT2D eigenvalue weighted by molar-refractivity contribution is 0.0318. The number of nitrogens with one attached hydrogen (secondary N) is 1. The summed E-state index contributed by atoms with van der Waals surface area (Å²) in [5.41, 5.74) is 2.64. The number of aryl methyl sites for hydroxylation is 1. The molecule has 1 saturated carbocycles. The molecular formula is C25H33ClN2O4. The summed E-state index contributed by atoms with van der Waals surface area (Å²) in [7, 11) is 0. The number of ether oxygens (including phenoxy) is 3. The first-order chi connectivity index (χ1) is 15.5. The van der Waals surface area contributed by atoms with E-state index in [2.05, 4.69) is 9.97 Å². The van der Waals surface area contributed by atoms with Gasteiger partial charge in [0.1, 0.15) is 11.5 Å². The van der Waals surface area contributed by atoms with Gasteiger partial charge in [-0.2, -0.15) is 0 Å². The lowest BCUT2D eigenvalue weighted by atomic mass is 9.84. The number of benzene rings is 1. The van der Waals surface area contributed by atoms with Crippen LogP contribution in [0.2, 0.25) is 5.02 Å². The van der Waals surface area contributed by atoms with Gasteiger partial charge in [0.15, 0.2) is 11.5 Å². The van der Waals surface area contributed by atoms with Crippen LogP contribution in [-0.2, 0) is 24.0 Å². The fourth-order valence-electron chi connectivity index (χ4n) is 4.77. The van der Waals surface area contributed by atoms with Gasteiger partial charge in [-0.25, -0.2) is 9.78 Å². The minimum atomic E-state index is -0.376. The Kier molecular flexibility index (Phi) is 7.61. The third-order valence-corrected chi connectivity index (χ3v) is 6.98. The van der Waals surface area contributed by atoms with E-state index in [1.807, 2.05) is 19.9 Å². The predicted octanol–water partition coefficient (Wildman–Crippen LogP) is 6.05. The summed E-state index contributed by atoms with van der Waals surface area (Å²) in [6.45, 7) is 4.14. The molecule has 4 rings (SSSR count). The molecule has 32 heavy (non-hydrogen) atoms. The average Bonchev–Trinajstić information content (AvgIpc) is 3.46. The Morgan fingerprint density at radius 1 is 1.25 bits per heavy atom. The highest BCUT2D eigenvalue weighted by Gasteiger charge is 2.25. The Bertz CT molecular complexity index is 936. The lowest BCUT2D eigenvalue weighted by Gasteiger charge is -2.23. The van der Waals surface area contributed by atoms with Crippen LogP contribution in [0, 0.1) is 5.92 Å². The van der Waals surface area contributed by atoms with Gasteiger partial charge in [-0.1, -0.05) is 50.6 Å².